The molecule has 0 heterocycles. The summed E-state index contributed by atoms with van der Waals surface area (Å²) in [7, 11) is -3.13. The molecule has 2 N–H and O–H groups in total. The average molecular weight is 283 g/mol. The van der Waals surface area contributed by atoms with Gasteiger partial charge in [0.15, 0.2) is 9.84 Å². The van der Waals surface area contributed by atoms with E-state index in [0.717, 1.165) is 12.0 Å². The van der Waals surface area contributed by atoms with E-state index in [4.69, 9.17) is 5.73 Å². The SMILES string of the molecule is CCC(N)(CCS(=O)(=O)C(C)(C)C)c1ccccc1. The fourth-order valence-corrected chi connectivity index (χ4v) is 3.16. The Labute approximate surface area is 117 Å². The molecule has 0 aliphatic heterocycles. The molecule has 0 aromatic heterocycles. The monoisotopic (exact) mass is 283 g/mol. The third-order valence-corrected chi connectivity index (χ3v) is 6.34. The van der Waals surface area contributed by atoms with Crippen molar-refractivity contribution in [3.05, 3.63) is 35.9 Å². The molecule has 4 heteroatoms. The maximum absolute atomic E-state index is 12.2. The van der Waals surface area contributed by atoms with Gasteiger partial charge in [-0.15, -0.1) is 0 Å². The van der Waals surface area contributed by atoms with Gasteiger partial charge in [-0.05, 0) is 39.2 Å². The first kappa shape index (κ1) is 16.2. The molecule has 1 atom stereocenters. The van der Waals surface area contributed by atoms with Crippen LogP contribution in [0.4, 0.5) is 0 Å². The molecular weight excluding hydrogens is 258 g/mol. The second-order valence-corrected chi connectivity index (χ2v) is 8.92. The zero-order valence-corrected chi connectivity index (χ0v) is 13.1. The van der Waals surface area contributed by atoms with Gasteiger partial charge < -0.3 is 5.73 Å². The van der Waals surface area contributed by atoms with Crippen LogP contribution in [0.1, 0.15) is 46.1 Å². The molecule has 0 bridgehead atoms. The first-order valence-electron chi connectivity index (χ1n) is 6.69. The fraction of sp³-hybridized carbons (Fsp3) is 0.600. The zero-order valence-electron chi connectivity index (χ0n) is 12.3. The lowest BCUT2D eigenvalue weighted by Crippen LogP contribution is -2.40. The minimum Gasteiger partial charge on any atom is -0.321 e. The van der Waals surface area contributed by atoms with E-state index < -0.39 is 20.1 Å². The van der Waals surface area contributed by atoms with Crippen LogP contribution < -0.4 is 5.73 Å². The average Bonchev–Trinajstić information content (AvgIpc) is 2.36. The predicted molar refractivity (Wildman–Crippen MR) is 80.8 cm³/mol. The van der Waals surface area contributed by atoms with Gasteiger partial charge in [0.25, 0.3) is 0 Å². The van der Waals surface area contributed by atoms with Crippen molar-refractivity contribution < 1.29 is 8.42 Å². The van der Waals surface area contributed by atoms with Gasteiger partial charge >= 0.3 is 0 Å². The van der Waals surface area contributed by atoms with Crippen LogP contribution in [0.25, 0.3) is 0 Å². The van der Waals surface area contributed by atoms with Gasteiger partial charge in [0.05, 0.1) is 10.5 Å². The minimum atomic E-state index is -3.13. The highest BCUT2D eigenvalue weighted by Gasteiger charge is 2.33. The van der Waals surface area contributed by atoms with Crippen LogP contribution in [0.3, 0.4) is 0 Å². The number of hydrogen-bond donors (Lipinski definition) is 1. The third kappa shape index (κ3) is 3.80. The van der Waals surface area contributed by atoms with Gasteiger partial charge in [-0.25, -0.2) is 8.42 Å². The van der Waals surface area contributed by atoms with Crippen LogP contribution in [0.2, 0.25) is 0 Å². The normalized spacial score (nSPS) is 16.1. The third-order valence-electron chi connectivity index (χ3n) is 3.73. The molecule has 1 rings (SSSR count). The predicted octanol–water partition coefficient (Wildman–Crippen LogP) is 2.85. The van der Waals surface area contributed by atoms with Gasteiger partial charge in [0.1, 0.15) is 0 Å². The lowest BCUT2D eigenvalue weighted by atomic mass is 9.86. The molecule has 19 heavy (non-hydrogen) atoms. The zero-order chi connectivity index (χ0) is 14.7. The molecule has 0 spiro atoms. The molecule has 0 fully saturated rings. The van der Waals surface area contributed by atoms with Crippen molar-refractivity contribution in [2.45, 2.75) is 50.8 Å². The van der Waals surface area contributed by atoms with E-state index >= 15 is 0 Å². The molecule has 108 valence electrons. The highest BCUT2D eigenvalue weighted by molar-refractivity contribution is 7.92. The minimum absolute atomic E-state index is 0.121. The summed E-state index contributed by atoms with van der Waals surface area (Å²) in [6.07, 6.45) is 1.17. The molecule has 1 unspecified atom stereocenters. The Morgan fingerprint density at radius 3 is 2.05 bits per heavy atom. The van der Waals surface area contributed by atoms with Crippen LogP contribution in [0, 0.1) is 0 Å². The van der Waals surface area contributed by atoms with Crippen LogP contribution in [0.15, 0.2) is 30.3 Å². The largest absolute Gasteiger partial charge is 0.321 e. The number of sulfone groups is 1. The van der Waals surface area contributed by atoms with Gasteiger partial charge in [-0.2, -0.15) is 0 Å². The number of hydrogen-bond acceptors (Lipinski definition) is 3. The lowest BCUT2D eigenvalue weighted by molar-refractivity contribution is 0.410. The standard InChI is InChI=1S/C15H25NO2S/c1-5-15(16,13-9-7-6-8-10-13)11-12-19(17,18)14(2,3)4/h6-10H,5,11-12,16H2,1-4H3. The second kappa shape index (κ2) is 5.63. The summed E-state index contributed by atoms with van der Waals surface area (Å²) in [6, 6.07) is 9.74. The van der Waals surface area contributed by atoms with E-state index in [-0.39, 0.29) is 5.75 Å². The van der Waals surface area contributed by atoms with Crippen molar-refractivity contribution in [3.8, 4) is 0 Å². The van der Waals surface area contributed by atoms with Crippen LogP contribution in [-0.4, -0.2) is 18.9 Å². The molecule has 0 aliphatic rings. The topological polar surface area (TPSA) is 60.2 Å². The maximum Gasteiger partial charge on any atom is 0.155 e. The van der Waals surface area contributed by atoms with Crippen LogP contribution >= 0.6 is 0 Å². The number of rotatable bonds is 5. The lowest BCUT2D eigenvalue weighted by Gasteiger charge is -2.30. The summed E-state index contributed by atoms with van der Waals surface area (Å²) >= 11 is 0. The molecule has 1 aromatic rings. The second-order valence-electron chi connectivity index (χ2n) is 6.06. The smallest absolute Gasteiger partial charge is 0.155 e. The van der Waals surface area contributed by atoms with Crippen molar-refractivity contribution in [1.82, 2.24) is 0 Å². The van der Waals surface area contributed by atoms with E-state index in [1.807, 2.05) is 37.3 Å². The Bertz CT molecular complexity index is 503. The van der Waals surface area contributed by atoms with Crippen LogP contribution in [-0.2, 0) is 15.4 Å². The summed E-state index contributed by atoms with van der Waals surface area (Å²) in [6.45, 7) is 7.19. The molecule has 0 saturated carbocycles. The summed E-state index contributed by atoms with van der Waals surface area (Å²) in [5.74, 6) is 0.121. The highest BCUT2D eigenvalue weighted by atomic mass is 32.2. The molecule has 0 amide bonds. The van der Waals surface area contributed by atoms with Crippen molar-refractivity contribution in [3.63, 3.8) is 0 Å². The Morgan fingerprint density at radius 1 is 1.11 bits per heavy atom. The van der Waals surface area contributed by atoms with Crippen molar-refractivity contribution in [2.24, 2.45) is 5.73 Å². The Hall–Kier alpha value is -0.870. The van der Waals surface area contributed by atoms with E-state index in [2.05, 4.69) is 0 Å². The summed E-state index contributed by atoms with van der Waals surface area (Å²) in [5, 5.41) is 0. The van der Waals surface area contributed by atoms with E-state index in [1.165, 1.54) is 0 Å². The quantitative estimate of drug-likeness (QED) is 0.904. The fourth-order valence-electron chi connectivity index (χ4n) is 1.92. The van der Waals surface area contributed by atoms with Crippen molar-refractivity contribution in [2.75, 3.05) is 5.75 Å². The molecule has 3 nitrogen and oxygen atoms in total. The molecule has 0 saturated heterocycles. The van der Waals surface area contributed by atoms with Gasteiger partial charge in [-0.3, -0.25) is 0 Å². The Balaban J connectivity index is 2.91. The van der Waals surface area contributed by atoms with E-state index in [9.17, 15) is 8.42 Å². The number of nitrogens with two attached hydrogens (primary N) is 1. The Kier molecular flexibility index (Phi) is 4.80. The first-order chi connectivity index (χ1) is 8.62. The molecular formula is C15H25NO2S. The first-order valence-corrected chi connectivity index (χ1v) is 8.34. The van der Waals surface area contributed by atoms with Crippen LogP contribution in [0.5, 0.6) is 0 Å². The van der Waals surface area contributed by atoms with Gasteiger partial charge in [-0.1, -0.05) is 37.3 Å². The van der Waals surface area contributed by atoms with Gasteiger partial charge in [0.2, 0.25) is 0 Å². The van der Waals surface area contributed by atoms with Gasteiger partial charge in [0, 0.05) is 5.54 Å². The van der Waals surface area contributed by atoms with Crippen molar-refractivity contribution >= 4 is 9.84 Å². The van der Waals surface area contributed by atoms with Crippen molar-refractivity contribution in [1.29, 1.82) is 0 Å². The Morgan fingerprint density at radius 2 is 1.63 bits per heavy atom. The highest BCUT2D eigenvalue weighted by Crippen LogP contribution is 2.28. The summed E-state index contributed by atoms with van der Waals surface area (Å²) in [5.41, 5.74) is 6.84. The maximum atomic E-state index is 12.2. The van der Waals surface area contributed by atoms with E-state index in [1.54, 1.807) is 20.8 Å². The molecule has 0 radical (unpaired) electrons. The summed E-state index contributed by atoms with van der Waals surface area (Å²) in [4.78, 5) is 0. The van der Waals surface area contributed by atoms with E-state index in [0.29, 0.717) is 6.42 Å². The molecule has 0 aliphatic carbocycles. The summed E-state index contributed by atoms with van der Waals surface area (Å²) < 4.78 is 23.7. The number of benzene rings is 1. The molecule has 1 aromatic carbocycles.